The Morgan fingerprint density at radius 3 is 2.86 bits per heavy atom. The van der Waals surface area contributed by atoms with Crippen LogP contribution in [0.3, 0.4) is 0 Å². The Morgan fingerprint density at radius 1 is 1.29 bits per heavy atom. The predicted molar refractivity (Wildman–Crippen MR) is 85.2 cm³/mol. The molecule has 2 aromatic heterocycles. The normalized spacial score (nSPS) is 20.1. The lowest BCUT2D eigenvalue weighted by atomic mass is 9.93. The molecule has 0 spiro atoms. The van der Waals surface area contributed by atoms with Gasteiger partial charge in [-0.05, 0) is 58.4 Å². The minimum absolute atomic E-state index is 0.543. The molecule has 0 aliphatic carbocycles. The van der Waals surface area contributed by atoms with E-state index in [9.17, 15) is 0 Å². The van der Waals surface area contributed by atoms with Gasteiger partial charge in [-0.1, -0.05) is 6.07 Å². The van der Waals surface area contributed by atoms with Crippen LogP contribution in [0.25, 0.3) is 11.4 Å². The molecule has 2 aromatic rings. The van der Waals surface area contributed by atoms with Crippen molar-refractivity contribution < 1.29 is 0 Å². The van der Waals surface area contributed by atoms with E-state index in [1.54, 1.807) is 0 Å². The minimum atomic E-state index is 0.543. The first-order valence-corrected chi connectivity index (χ1v) is 7.87. The zero-order chi connectivity index (χ0) is 14.8. The quantitative estimate of drug-likeness (QED) is 0.940. The summed E-state index contributed by atoms with van der Waals surface area (Å²) in [5, 5.41) is 7.31. The van der Waals surface area contributed by atoms with Crippen LogP contribution >= 0.6 is 0 Å². The fourth-order valence-corrected chi connectivity index (χ4v) is 3.09. The Bertz CT molecular complexity index is 602. The largest absolute Gasteiger partial charge is 0.300 e. The van der Waals surface area contributed by atoms with Crippen molar-refractivity contribution in [3.05, 3.63) is 35.7 Å². The average molecular weight is 284 g/mol. The van der Waals surface area contributed by atoms with Crippen LogP contribution in [0.5, 0.6) is 0 Å². The zero-order valence-corrected chi connectivity index (χ0v) is 13.1. The molecular weight excluding hydrogens is 260 g/mol. The number of nitrogens with one attached hydrogen (secondary N) is 1. The van der Waals surface area contributed by atoms with Gasteiger partial charge in [0.05, 0.1) is 5.69 Å². The summed E-state index contributed by atoms with van der Waals surface area (Å²) in [6, 6.07) is 8.98. The summed E-state index contributed by atoms with van der Waals surface area (Å²) in [4.78, 5) is 7.42. The second-order valence-corrected chi connectivity index (χ2v) is 6.31. The molecule has 3 rings (SSSR count). The van der Waals surface area contributed by atoms with Gasteiger partial charge < -0.3 is 4.90 Å². The summed E-state index contributed by atoms with van der Waals surface area (Å²) in [6.45, 7) is 8.90. The third-order valence-corrected chi connectivity index (χ3v) is 4.34. The highest BCUT2D eigenvalue weighted by molar-refractivity contribution is 5.54. The Labute approximate surface area is 126 Å². The molecule has 21 heavy (non-hydrogen) atoms. The molecule has 0 aromatic carbocycles. The summed E-state index contributed by atoms with van der Waals surface area (Å²) in [7, 11) is 0. The number of nitrogens with zero attached hydrogens (tertiary/aromatic N) is 3. The van der Waals surface area contributed by atoms with Crippen molar-refractivity contribution in [2.75, 3.05) is 13.1 Å². The van der Waals surface area contributed by atoms with Crippen molar-refractivity contribution in [1.82, 2.24) is 20.1 Å². The number of aromatic nitrogens is 3. The maximum atomic E-state index is 4.86. The predicted octanol–water partition coefficient (Wildman–Crippen LogP) is 3.37. The van der Waals surface area contributed by atoms with E-state index in [2.05, 4.69) is 41.1 Å². The number of likely N-dealkylation sites (tertiary alicyclic amines) is 1. The Balaban J connectivity index is 1.82. The summed E-state index contributed by atoms with van der Waals surface area (Å²) >= 11 is 0. The van der Waals surface area contributed by atoms with E-state index in [0.717, 1.165) is 23.6 Å². The van der Waals surface area contributed by atoms with Crippen LogP contribution in [0.4, 0.5) is 0 Å². The van der Waals surface area contributed by atoms with Crippen molar-refractivity contribution in [1.29, 1.82) is 0 Å². The van der Waals surface area contributed by atoms with Gasteiger partial charge >= 0.3 is 0 Å². The molecular formula is C17H24N4. The van der Waals surface area contributed by atoms with Gasteiger partial charge in [0.2, 0.25) is 0 Å². The summed E-state index contributed by atoms with van der Waals surface area (Å²) < 4.78 is 0. The molecule has 1 atom stereocenters. The van der Waals surface area contributed by atoms with Gasteiger partial charge in [0, 0.05) is 29.9 Å². The molecule has 4 nitrogen and oxygen atoms in total. The zero-order valence-electron chi connectivity index (χ0n) is 13.1. The Kier molecular flexibility index (Phi) is 4.06. The van der Waals surface area contributed by atoms with E-state index in [1.165, 1.54) is 25.1 Å². The van der Waals surface area contributed by atoms with E-state index in [0.29, 0.717) is 12.0 Å². The molecule has 0 saturated carbocycles. The van der Waals surface area contributed by atoms with Gasteiger partial charge in [0.1, 0.15) is 5.69 Å². The number of pyridine rings is 1. The van der Waals surface area contributed by atoms with Gasteiger partial charge in [0.15, 0.2) is 0 Å². The fraction of sp³-hybridized carbons (Fsp3) is 0.529. The van der Waals surface area contributed by atoms with Gasteiger partial charge in [0.25, 0.3) is 0 Å². The molecule has 1 fully saturated rings. The van der Waals surface area contributed by atoms with Crippen LogP contribution in [-0.2, 0) is 0 Å². The molecule has 0 radical (unpaired) electrons. The molecule has 1 saturated heterocycles. The van der Waals surface area contributed by atoms with Crippen LogP contribution in [0.2, 0.25) is 0 Å². The minimum Gasteiger partial charge on any atom is -0.300 e. The molecule has 1 N–H and O–H groups in total. The first-order valence-electron chi connectivity index (χ1n) is 7.87. The maximum Gasteiger partial charge on any atom is 0.111 e. The van der Waals surface area contributed by atoms with E-state index in [1.807, 2.05) is 19.1 Å². The summed E-state index contributed by atoms with van der Waals surface area (Å²) in [5.74, 6) is 0.543. The number of rotatable bonds is 3. The van der Waals surface area contributed by atoms with Crippen LogP contribution in [0.1, 0.15) is 44.0 Å². The van der Waals surface area contributed by atoms with Crippen LogP contribution in [0.15, 0.2) is 24.3 Å². The SMILES string of the molecule is Cc1cc(-c2cccc([C@@H]3CCCN(C(C)C)C3)n2)n[nH]1. The molecule has 1 aliphatic heterocycles. The van der Waals surface area contributed by atoms with Crippen molar-refractivity contribution in [2.24, 2.45) is 0 Å². The van der Waals surface area contributed by atoms with Crippen molar-refractivity contribution in [3.8, 4) is 11.4 Å². The maximum absolute atomic E-state index is 4.86. The van der Waals surface area contributed by atoms with Crippen LogP contribution < -0.4 is 0 Å². The molecule has 1 aliphatic rings. The van der Waals surface area contributed by atoms with E-state index in [4.69, 9.17) is 4.98 Å². The second kappa shape index (κ2) is 5.98. The van der Waals surface area contributed by atoms with E-state index in [-0.39, 0.29) is 0 Å². The lowest BCUT2D eigenvalue weighted by molar-refractivity contribution is 0.166. The third kappa shape index (κ3) is 3.16. The number of aryl methyl sites for hydroxylation is 1. The highest BCUT2D eigenvalue weighted by atomic mass is 15.2. The van der Waals surface area contributed by atoms with Crippen LogP contribution in [-0.4, -0.2) is 39.2 Å². The monoisotopic (exact) mass is 284 g/mol. The Hall–Kier alpha value is -1.68. The average Bonchev–Trinajstić information content (AvgIpc) is 2.94. The Morgan fingerprint density at radius 2 is 2.14 bits per heavy atom. The van der Waals surface area contributed by atoms with Gasteiger partial charge in [-0.3, -0.25) is 10.1 Å². The second-order valence-electron chi connectivity index (χ2n) is 6.31. The topological polar surface area (TPSA) is 44.8 Å². The molecule has 0 amide bonds. The van der Waals surface area contributed by atoms with Gasteiger partial charge in [-0.2, -0.15) is 5.10 Å². The highest BCUT2D eigenvalue weighted by Gasteiger charge is 2.24. The molecule has 112 valence electrons. The summed E-state index contributed by atoms with van der Waals surface area (Å²) in [6.07, 6.45) is 2.50. The van der Waals surface area contributed by atoms with E-state index < -0.39 is 0 Å². The van der Waals surface area contributed by atoms with Crippen molar-refractivity contribution in [3.63, 3.8) is 0 Å². The van der Waals surface area contributed by atoms with Crippen molar-refractivity contribution >= 4 is 0 Å². The first kappa shape index (κ1) is 14.3. The lowest BCUT2D eigenvalue weighted by Gasteiger charge is -2.35. The number of aromatic amines is 1. The van der Waals surface area contributed by atoms with Crippen LogP contribution in [0, 0.1) is 6.92 Å². The van der Waals surface area contributed by atoms with E-state index >= 15 is 0 Å². The number of piperidine rings is 1. The third-order valence-electron chi connectivity index (χ3n) is 4.34. The molecule has 0 unspecified atom stereocenters. The molecule has 4 heteroatoms. The van der Waals surface area contributed by atoms with Crippen molar-refractivity contribution in [2.45, 2.75) is 45.6 Å². The molecule has 0 bridgehead atoms. The number of hydrogen-bond donors (Lipinski definition) is 1. The standard InChI is InChI=1S/C17H24N4/c1-12(2)21-9-5-6-14(11-21)15-7-4-8-16(18-15)17-10-13(3)19-20-17/h4,7-8,10,12,14H,5-6,9,11H2,1-3H3,(H,19,20)/t14-/m1/s1. The lowest BCUT2D eigenvalue weighted by Crippen LogP contribution is -2.39. The smallest absolute Gasteiger partial charge is 0.111 e. The van der Waals surface area contributed by atoms with Gasteiger partial charge in [-0.15, -0.1) is 0 Å². The summed E-state index contributed by atoms with van der Waals surface area (Å²) in [5.41, 5.74) is 4.18. The van der Waals surface area contributed by atoms with Gasteiger partial charge in [-0.25, -0.2) is 0 Å². The molecule has 3 heterocycles. The highest BCUT2D eigenvalue weighted by Crippen LogP contribution is 2.28. The number of H-pyrrole nitrogens is 1. The number of hydrogen-bond acceptors (Lipinski definition) is 3. The fourth-order valence-electron chi connectivity index (χ4n) is 3.09. The first-order chi connectivity index (χ1) is 10.1.